The van der Waals surface area contributed by atoms with Crippen molar-refractivity contribution in [3.63, 3.8) is 0 Å². The number of thioether (sulfide) groups is 1. The van der Waals surface area contributed by atoms with E-state index in [0.717, 1.165) is 11.8 Å². The first-order valence-corrected chi connectivity index (χ1v) is 6.98. The Kier molecular flexibility index (Phi) is 7.66. The molecule has 0 bridgehead atoms. The predicted molar refractivity (Wildman–Crippen MR) is 71.6 cm³/mol. The van der Waals surface area contributed by atoms with Gasteiger partial charge in [-0.3, -0.25) is 14.4 Å². The fourth-order valence-corrected chi connectivity index (χ4v) is 2.31. The first-order valence-electron chi connectivity index (χ1n) is 5.93. The minimum Gasteiger partial charge on any atom is -0.480 e. The Morgan fingerprint density at radius 2 is 1.83 bits per heavy atom. The second-order valence-electron chi connectivity index (χ2n) is 4.45. The lowest BCUT2D eigenvalue weighted by molar-refractivity contribution is -0.136. The summed E-state index contributed by atoms with van der Waals surface area (Å²) in [5, 5.41) is 10.9. The van der Waals surface area contributed by atoms with Gasteiger partial charge in [0.1, 0.15) is 5.25 Å². The number of carbonyl (C=O) groups is 3. The number of carboxylic acid groups (broad SMARTS) is 1. The zero-order valence-electron chi connectivity index (χ0n) is 11.2. The third kappa shape index (κ3) is 6.05. The van der Waals surface area contributed by atoms with Crippen molar-refractivity contribution in [2.45, 2.75) is 45.4 Å². The summed E-state index contributed by atoms with van der Waals surface area (Å²) in [6.07, 6.45) is 0.466. The van der Waals surface area contributed by atoms with E-state index in [1.54, 1.807) is 6.92 Å². The van der Waals surface area contributed by atoms with Crippen LogP contribution in [0.1, 0.15) is 34.1 Å². The Morgan fingerprint density at radius 1 is 1.28 bits per heavy atom. The molecule has 18 heavy (non-hydrogen) atoms. The third-order valence-electron chi connectivity index (χ3n) is 2.48. The van der Waals surface area contributed by atoms with Crippen LogP contribution in [0.5, 0.6) is 0 Å². The van der Waals surface area contributed by atoms with E-state index in [4.69, 9.17) is 5.11 Å². The Balaban J connectivity index is 4.25. The van der Waals surface area contributed by atoms with Gasteiger partial charge in [-0.15, -0.1) is 11.8 Å². The number of aliphatic carboxylic acids is 1. The maximum absolute atomic E-state index is 11.6. The number of rotatable bonds is 8. The summed E-state index contributed by atoms with van der Waals surface area (Å²) in [7, 11) is 0. The van der Waals surface area contributed by atoms with Crippen LogP contribution in [0.2, 0.25) is 0 Å². The van der Waals surface area contributed by atoms with Crippen molar-refractivity contribution in [3.05, 3.63) is 0 Å². The Labute approximate surface area is 112 Å². The van der Waals surface area contributed by atoms with E-state index in [9.17, 15) is 14.4 Å². The molecule has 0 spiro atoms. The smallest absolute Gasteiger partial charge is 0.316 e. The summed E-state index contributed by atoms with van der Waals surface area (Å²) in [5.74, 6) is -1.22. The SMILES string of the molecule is CCC(SCC(=O)NC(C(C)=O)C(C)C)C(=O)O. The average molecular weight is 275 g/mol. The van der Waals surface area contributed by atoms with Crippen LogP contribution in [0.25, 0.3) is 0 Å². The lowest BCUT2D eigenvalue weighted by atomic mass is 10.0. The van der Waals surface area contributed by atoms with Crippen LogP contribution in [0.3, 0.4) is 0 Å². The summed E-state index contributed by atoms with van der Waals surface area (Å²) in [5.41, 5.74) is 0. The van der Waals surface area contributed by atoms with Crippen molar-refractivity contribution < 1.29 is 19.5 Å². The summed E-state index contributed by atoms with van der Waals surface area (Å²) in [6.45, 7) is 6.90. The van der Waals surface area contributed by atoms with Gasteiger partial charge in [0.2, 0.25) is 5.91 Å². The molecule has 2 unspecified atom stereocenters. The minimum absolute atomic E-state index is 0.0258. The van der Waals surface area contributed by atoms with Crippen LogP contribution in [-0.2, 0) is 14.4 Å². The van der Waals surface area contributed by atoms with Gasteiger partial charge in [0.25, 0.3) is 0 Å². The Morgan fingerprint density at radius 3 is 2.17 bits per heavy atom. The molecule has 0 aromatic heterocycles. The molecule has 0 radical (unpaired) electrons. The molecule has 0 aliphatic rings. The van der Waals surface area contributed by atoms with Gasteiger partial charge < -0.3 is 10.4 Å². The largest absolute Gasteiger partial charge is 0.480 e. The van der Waals surface area contributed by atoms with E-state index in [1.165, 1.54) is 6.92 Å². The van der Waals surface area contributed by atoms with Gasteiger partial charge in [-0.25, -0.2) is 0 Å². The highest BCUT2D eigenvalue weighted by molar-refractivity contribution is 8.01. The van der Waals surface area contributed by atoms with Gasteiger partial charge in [0.15, 0.2) is 5.78 Å². The zero-order valence-corrected chi connectivity index (χ0v) is 12.0. The Bertz CT molecular complexity index is 317. The van der Waals surface area contributed by atoms with Crippen molar-refractivity contribution in [1.82, 2.24) is 5.32 Å². The van der Waals surface area contributed by atoms with Crippen LogP contribution < -0.4 is 5.32 Å². The molecule has 0 fully saturated rings. The summed E-state index contributed by atoms with van der Waals surface area (Å²) in [4.78, 5) is 33.7. The number of amides is 1. The molecule has 104 valence electrons. The van der Waals surface area contributed by atoms with Crippen LogP contribution >= 0.6 is 11.8 Å². The Hall–Kier alpha value is -1.04. The number of nitrogens with one attached hydrogen (secondary N) is 1. The highest BCUT2D eigenvalue weighted by Gasteiger charge is 2.22. The fourth-order valence-electron chi connectivity index (χ4n) is 1.49. The summed E-state index contributed by atoms with van der Waals surface area (Å²) >= 11 is 1.08. The minimum atomic E-state index is -0.915. The maximum Gasteiger partial charge on any atom is 0.316 e. The van der Waals surface area contributed by atoms with Crippen LogP contribution in [0.4, 0.5) is 0 Å². The standard InChI is InChI=1S/C12H21NO4S/c1-5-9(12(16)17)18-6-10(15)13-11(7(2)3)8(4)14/h7,9,11H,5-6H2,1-4H3,(H,13,15)(H,16,17). The molecule has 1 amide bonds. The second kappa shape index (κ2) is 8.13. The van der Waals surface area contributed by atoms with Gasteiger partial charge in [-0.2, -0.15) is 0 Å². The van der Waals surface area contributed by atoms with Crippen LogP contribution in [-0.4, -0.2) is 39.8 Å². The second-order valence-corrected chi connectivity index (χ2v) is 5.64. The number of hydrogen-bond acceptors (Lipinski definition) is 4. The highest BCUT2D eigenvalue weighted by Crippen LogP contribution is 2.14. The molecule has 6 heteroatoms. The van der Waals surface area contributed by atoms with Gasteiger partial charge in [-0.05, 0) is 19.3 Å². The fraction of sp³-hybridized carbons (Fsp3) is 0.750. The predicted octanol–water partition coefficient (Wildman–Crippen LogP) is 1.31. The highest BCUT2D eigenvalue weighted by atomic mass is 32.2. The number of ketones is 1. The average Bonchev–Trinajstić information content (AvgIpc) is 2.25. The number of carbonyl (C=O) groups excluding carboxylic acids is 2. The lowest BCUT2D eigenvalue weighted by Crippen LogP contribution is -2.44. The molecule has 0 aliphatic carbocycles. The van der Waals surface area contributed by atoms with E-state index >= 15 is 0 Å². The number of carboxylic acids is 1. The van der Waals surface area contributed by atoms with E-state index in [1.807, 2.05) is 13.8 Å². The monoisotopic (exact) mass is 275 g/mol. The first kappa shape index (κ1) is 17.0. The van der Waals surface area contributed by atoms with Crippen molar-refractivity contribution in [3.8, 4) is 0 Å². The number of Topliss-reactive ketones (excluding diaryl/α,β-unsaturated/α-hetero) is 1. The molecule has 0 aromatic rings. The van der Waals surface area contributed by atoms with Crippen molar-refractivity contribution >= 4 is 29.4 Å². The number of hydrogen-bond donors (Lipinski definition) is 2. The molecular weight excluding hydrogens is 254 g/mol. The lowest BCUT2D eigenvalue weighted by Gasteiger charge is -2.19. The molecule has 0 saturated heterocycles. The van der Waals surface area contributed by atoms with E-state index in [0.29, 0.717) is 6.42 Å². The third-order valence-corrected chi connectivity index (χ3v) is 3.85. The van der Waals surface area contributed by atoms with Gasteiger partial charge >= 0.3 is 5.97 Å². The van der Waals surface area contributed by atoms with Gasteiger partial charge in [0.05, 0.1) is 11.8 Å². The molecule has 0 saturated carbocycles. The molecular formula is C12H21NO4S. The summed E-state index contributed by atoms with van der Waals surface area (Å²) in [6, 6.07) is -0.497. The van der Waals surface area contributed by atoms with Gasteiger partial charge in [0, 0.05) is 0 Å². The van der Waals surface area contributed by atoms with Crippen molar-refractivity contribution in [1.29, 1.82) is 0 Å². The first-order chi connectivity index (χ1) is 8.29. The van der Waals surface area contributed by atoms with Crippen molar-refractivity contribution in [2.75, 3.05) is 5.75 Å². The van der Waals surface area contributed by atoms with E-state index < -0.39 is 17.3 Å². The molecule has 0 heterocycles. The zero-order chi connectivity index (χ0) is 14.3. The normalized spacial score (nSPS) is 14.1. The van der Waals surface area contributed by atoms with Crippen LogP contribution in [0, 0.1) is 5.92 Å². The molecule has 0 rings (SSSR count). The molecule has 0 aromatic carbocycles. The molecule has 2 N–H and O–H groups in total. The summed E-state index contributed by atoms with van der Waals surface area (Å²) < 4.78 is 0. The van der Waals surface area contributed by atoms with Crippen molar-refractivity contribution in [2.24, 2.45) is 5.92 Å². The van der Waals surface area contributed by atoms with Gasteiger partial charge in [-0.1, -0.05) is 20.8 Å². The molecule has 2 atom stereocenters. The molecule has 5 nitrogen and oxygen atoms in total. The topological polar surface area (TPSA) is 83.5 Å². The quantitative estimate of drug-likeness (QED) is 0.698. The van der Waals surface area contributed by atoms with E-state index in [2.05, 4.69) is 5.32 Å². The van der Waals surface area contributed by atoms with E-state index in [-0.39, 0.29) is 23.4 Å². The maximum atomic E-state index is 11.6. The van der Waals surface area contributed by atoms with Crippen LogP contribution in [0.15, 0.2) is 0 Å². The molecule has 0 aliphatic heterocycles.